The van der Waals surface area contributed by atoms with Gasteiger partial charge < -0.3 is 20.1 Å². The number of ether oxygens (including phenoxy) is 1. The minimum Gasteiger partial charge on any atom is -0.469 e. The Kier molecular flexibility index (Phi) is 6.61. The molecule has 1 rings (SSSR count). The summed E-state index contributed by atoms with van der Waals surface area (Å²) >= 11 is 1.59. The number of thiophene rings is 1. The molecule has 1 atom stereocenters. The van der Waals surface area contributed by atoms with Crippen molar-refractivity contribution in [3.63, 3.8) is 0 Å². The van der Waals surface area contributed by atoms with Crippen LogP contribution < -0.4 is 5.32 Å². The number of likely N-dealkylation sites (N-methyl/N-ethyl adjacent to an activating group) is 1. The Hall–Kier alpha value is -0.950. The first-order valence-corrected chi connectivity index (χ1v) is 7.36. The zero-order valence-electron chi connectivity index (χ0n) is 12.6. The number of esters is 1. The summed E-state index contributed by atoms with van der Waals surface area (Å²) in [5.74, 6) is -0.222. The maximum atomic E-state index is 11.2. The first-order chi connectivity index (χ1) is 9.32. The lowest BCUT2D eigenvalue weighted by Gasteiger charge is -2.27. The fourth-order valence-corrected chi connectivity index (χ4v) is 2.99. The Morgan fingerprint density at radius 1 is 1.45 bits per heavy atom. The summed E-state index contributed by atoms with van der Waals surface area (Å²) in [5.41, 5.74) is -0.754. The normalized spacial score (nSPS) is 14.3. The smallest absolute Gasteiger partial charge is 0.310 e. The van der Waals surface area contributed by atoms with Gasteiger partial charge in [-0.2, -0.15) is 0 Å². The summed E-state index contributed by atoms with van der Waals surface area (Å²) in [6.45, 7) is 3.64. The molecule has 2 N–H and O–H groups in total. The Morgan fingerprint density at radius 2 is 2.10 bits per heavy atom. The lowest BCUT2D eigenvalue weighted by atomic mass is 10.1. The van der Waals surface area contributed by atoms with Crippen LogP contribution in [0.3, 0.4) is 0 Å². The Morgan fingerprint density at radius 3 is 2.70 bits per heavy atom. The molecule has 0 saturated heterocycles. The topological polar surface area (TPSA) is 61.8 Å². The molecule has 114 valence electrons. The van der Waals surface area contributed by atoms with Gasteiger partial charge in [0, 0.05) is 29.4 Å². The van der Waals surface area contributed by atoms with Gasteiger partial charge in [0.15, 0.2) is 0 Å². The number of aliphatic hydroxyl groups is 1. The molecule has 0 bridgehead atoms. The Labute approximate surface area is 124 Å². The highest BCUT2D eigenvalue weighted by Crippen LogP contribution is 2.17. The molecule has 1 unspecified atom stereocenters. The molecule has 0 saturated carbocycles. The highest BCUT2D eigenvalue weighted by molar-refractivity contribution is 7.12. The van der Waals surface area contributed by atoms with Crippen molar-refractivity contribution in [3.8, 4) is 0 Å². The molecule has 20 heavy (non-hydrogen) atoms. The fraction of sp³-hybridized carbons (Fsp3) is 0.643. The minimum atomic E-state index is -0.754. The van der Waals surface area contributed by atoms with Crippen LogP contribution in [0.25, 0.3) is 0 Å². The molecule has 1 aromatic heterocycles. The predicted octanol–water partition coefficient (Wildman–Crippen LogP) is 0.866. The van der Waals surface area contributed by atoms with E-state index in [1.807, 2.05) is 38.1 Å². The first-order valence-electron chi connectivity index (χ1n) is 6.54. The van der Waals surface area contributed by atoms with Gasteiger partial charge in [-0.1, -0.05) is 0 Å². The molecule has 0 aromatic carbocycles. The predicted molar refractivity (Wildman–Crippen MR) is 80.9 cm³/mol. The van der Waals surface area contributed by atoms with E-state index in [0.29, 0.717) is 26.1 Å². The van der Waals surface area contributed by atoms with Crippen molar-refractivity contribution >= 4 is 17.3 Å². The average Bonchev–Trinajstić information content (AvgIpc) is 2.74. The van der Waals surface area contributed by atoms with Crippen LogP contribution in [0.1, 0.15) is 16.7 Å². The van der Waals surface area contributed by atoms with Crippen LogP contribution in [0.15, 0.2) is 12.1 Å². The second-order valence-electron chi connectivity index (χ2n) is 5.46. The first kappa shape index (κ1) is 17.1. The van der Waals surface area contributed by atoms with Crippen molar-refractivity contribution < 1.29 is 14.6 Å². The minimum absolute atomic E-state index is 0.222. The van der Waals surface area contributed by atoms with Gasteiger partial charge in [0.1, 0.15) is 0 Å². The molecule has 5 nitrogen and oxygen atoms in total. The number of carbonyl (C=O) groups is 1. The van der Waals surface area contributed by atoms with Crippen LogP contribution in [0.2, 0.25) is 0 Å². The van der Waals surface area contributed by atoms with Crippen LogP contribution >= 0.6 is 11.3 Å². The zero-order valence-corrected chi connectivity index (χ0v) is 13.4. The van der Waals surface area contributed by atoms with Gasteiger partial charge in [-0.15, -0.1) is 11.3 Å². The number of carbonyl (C=O) groups excluding carboxylic acids is 1. The van der Waals surface area contributed by atoms with Crippen molar-refractivity contribution in [1.82, 2.24) is 10.2 Å². The number of nitrogens with one attached hydrogen (secondary N) is 1. The molecule has 6 heteroatoms. The van der Waals surface area contributed by atoms with E-state index in [1.165, 1.54) is 7.11 Å². The zero-order chi connectivity index (χ0) is 15.2. The number of hydrogen-bond donors (Lipinski definition) is 2. The molecule has 0 radical (unpaired) electrons. The highest BCUT2D eigenvalue weighted by Gasteiger charge is 2.20. The van der Waals surface area contributed by atoms with Crippen LogP contribution in [0.5, 0.6) is 0 Å². The molecule has 0 spiro atoms. The third-order valence-electron chi connectivity index (χ3n) is 2.73. The Bertz CT molecular complexity index is 430. The maximum absolute atomic E-state index is 11.2. The van der Waals surface area contributed by atoms with Gasteiger partial charge in [0.25, 0.3) is 0 Å². The Balaban J connectivity index is 2.37. The second kappa shape index (κ2) is 7.73. The van der Waals surface area contributed by atoms with E-state index in [1.54, 1.807) is 11.3 Å². The van der Waals surface area contributed by atoms with Gasteiger partial charge in [0.05, 0.1) is 19.1 Å². The van der Waals surface area contributed by atoms with E-state index < -0.39 is 5.60 Å². The molecule has 0 fully saturated rings. The third kappa shape index (κ3) is 6.47. The van der Waals surface area contributed by atoms with Crippen molar-refractivity contribution in [1.29, 1.82) is 0 Å². The molecule has 0 aliphatic carbocycles. The molecule has 1 heterocycles. The van der Waals surface area contributed by atoms with E-state index in [4.69, 9.17) is 0 Å². The maximum Gasteiger partial charge on any atom is 0.310 e. The van der Waals surface area contributed by atoms with Crippen molar-refractivity contribution in [2.24, 2.45) is 0 Å². The fourth-order valence-electron chi connectivity index (χ4n) is 2.02. The summed E-state index contributed by atoms with van der Waals surface area (Å²) in [6.07, 6.45) is 0.319. The standard InChI is InChI=1S/C14H24N2O3S/c1-14(18,10-16(2)3)9-15-8-12-6-5-11(20-12)7-13(17)19-4/h5-6,15,18H,7-10H2,1-4H3. The number of nitrogens with zero attached hydrogens (tertiary/aromatic N) is 1. The van der Waals surface area contributed by atoms with Crippen molar-refractivity contribution in [2.75, 3.05) is 34.3 Å². The van der Waals surface area contributed by atoms with E-state index in [9.17, 15) is 9.90 Å². The van der Waals surface area contributed by atoms with Gasteiger partial charge >= 0.3 is 5.97 Å². The molecule has 0 aliphatic rings. The van der Waals surface area contributed by atoms with Crippen molar-refractivity contribution in [3.05, 3.63) is 21.9 Å². The molecular weight excluding hydrogens is 276 g/mol. The van der Waals surface area contributed by atoms with Gasteiger partial charge in [-0.3, -0.25) is 4.79 Å². The number of rotatable bonds is 8. The van der Waals surface area contributed by atoms with Gasteiger partial charge in [-0.25, -0.2) is 0 Å². The average molecular weight is 300 g/mol. The quantitative estimate of drug-likeness (QED) is 0.698. The lowest BCUT2D eigenvalue weighted by molar-refractivity contribution is -0.139. The SMILES string of the molecule is COC(=O)Cc1ccc(CNCC(C)(O)CN(C)C)s1. The summed E-state index contributed by atoms with van der Waals surface area (Å²) < 4.78 is 4.64. The van der Waals surface area contributed by atoms with Crippen LogP contribution in [0.4, 0.5) is 0 Å². The lowest BCUT2D eigenvalue weighted by Crippen LogP contribution is -2.45. The summed E-state index contributed by atoms with van der Waals surface area (Å²) in [7, 11) is 5.27. The van der Waals surface area contributed by atoms with Crippen LogP contribution in [-0.4, -0.2) is 55.9 Å². The number of hydrogen-bond acceptors (Lipinski definition) is 6. The summed E-state index contributed by atoms with van der Waals surface area (Å²) in [5, 5.41) is 13.4. The van der Waals surface area contributed by atoms with Crippen molar-refractivity contribution in [2.45, 2.75) is 25.5 Å². The van der Waals surface area contributed by atoms with E-state index >= 15 is 0 Å². The highest BCUT2D eigenvalue weighted by atomic mass is 32.1. The van der Waals surface area contributed by atoms with E-state index in [-0.39, 0.29) is 5.97 Å². The monoisotopic (exact) mass is 300 g/mol. The largest absolute Gasteiger partial charge is 0.469 e. The van der Waals surface area contributed by atoms with E-state index in [0.717, 1.165) is 9.75 Å². The molecule has 0 amide bonds. The third-order valence-corrected chi connectivity index (χ3v) is 3.81. The van der Waals surface area contributed by atoms with Crippen LogP contribution in [-0.2, 0) is 22.5 Å². The molecule has 1 aromatic rings. The molecule has 0 aliphatic heterocycles. The second-order valence-corrected chi connectivity index (χ2v) is 6.71. The summed E-state index contributed by atoms with van der Waals surface area (Å²) in [6, 6.07) is 3.94. The van der Waals surface area contributed by atoms with Gasteiger partial charge in [-0.05, 0) is 33.2 Å². The number of methoxy groups -OCH3 is 1. The summed E-state index contributed by atoms with van der Waals surface area (Å²) in [4.78, 5) is 15.3. The van der Waals surface area contributed by atoms with Crippen LogP contribution in [0, 0.1) is 0 Å². The van der Waals surface area contributed by atoms with E-state index in [2.05, 4.69) is 10.1 Å². The van der Waals surface area contributed by atoms with Gasteiger partial charge in [0.2, 0.25) is 0 Å². The molecular formula is C14H24N2O3S.